The Morgan fingerprint density at radius 1 is 1.44 bits per heavy atom. The molecule has 0 atom stereocenters. The lowest BCUT2D eigenvalue weighted by molar-refractivity contribution is 0.0691. The van der Waals surface area contributed by atoms with Crippen LogP contribution >= 0.6 is 0 Å². The maximum absolute atomic E-state index is 10.8. The monoisotopic (exact) mass is 242 g/mol. The SMILES string of the molecule is CNCCC#Cc1ccc2[nH]c(C(=O)O)cc2c1. The van der Waals surface area contributed by atoms with Crippen molar-refractivity contribution in [3.63, 3.8) is 0 Å². The molecule has 92 valence electrons. The van der Waals surface area contributed by atoms with Gasteiger partial charge in [0.1, 0.15) is 5.69 Å². The average molecular weight is 242 g/mol. The number of nitrogens with one attached hydrogen (secondary N) is 2. The van der Waals surface area contributed by atoms with Gasteiger partial charge in [0.2, 0.25) is 0 Å². The summed E-state index contributed by atoms with van der Waals surface area (Å²) < 4.78 is 0. The maximum Gasteiger partial charge on any atom is 0.352 e. The standard InChI is InChI=1S/C14H14N2O2/c1-15-7-3-2-4-10-5-6-12-11(8-10)9-13(16-12)14(17)18/h5-6,8-9,15-16H,3,7H2,1H3,(H,17,18). The zero-order chi connectivity index (χ0) is 13.0. The molecule has 0 radical (unpaired) electrons. The fourth-order valence-corrected chi connectivity index (χ4v) is 1.68. The van der Waals surface area contributed by atoms with Crippen molar-refractivity contribution in [3.8, 4) is 11.8 Å². The molecule has 0 aliphatic rings. The summed E-state index contributed by atoms with van der Waals surface area (Å²) in [6.07, 6.45) is 0.794. The Morgan fingerprint density at radius 2 is 2.28 bits per heavy atom. The number of carbonyl (C=O) groups is 1. The molecule has 3 N–H and O–H groups in total. The molecule has 0 unspecified atom stereocenters. The molecule has 1 heterocycles. The van der Waals surface area contributed by atoms with Crippen molar-refractivity contribution in [3.05, 3.63) is 35.5 Å². The predicted molar refractivity (Wildman–Crippen MR) is 70.7 cm³/mol. The summed E-state index contributed by atoms with van der Waals surface area (Å²) in [4.78, 5) is 13.7. The van der Waals surface area contributed by atoms with Gasteiger partial charge in [0, 0.05) is 29.4 Å². The normalized spacial score (nSPS) is 10.1. The molecule has 2 rings (SSSR count). The third-order valence-electron chi connectivity index (χ3n) is 2.58. The summed E-state index contributed by atoms with van der Waals surface area (Å²) >= 11 is 0. The molecular formula is C14H14N2O2. The molecule has 0 aliphatic heterocycles. The molecule has 0 amide bonds. The van der Waals surface area contributed by atoms with Gasteiger partial charge >= 0.3 is 5.97 Å². The molecule has 0 fully saturated rings. The maximum atomic E-state index is 10.8. The summed E-state index contributed by atoms with van der Waals surface area (Å²) in [6.45, 7) is 0.864. The number of aromatic nitrogens is 1. The highest BCUT2D eigenvalue weighted by atomic mass is 16.4. The highest BCUT2D eigenvalue weighted by Crippen LogP contribution is 2.16. The number of fused-ring (bicyclic) bond motifs is 1. The molecule has 4 heteroatoms. The highest BCUT2D eigenvalue weighted by Gasteiger charge is 2.06. The second-order valence-electron chi connectivity index (χ2n) is 3.95. The Kier molecular flexibility index (Phi) is 3.66. The minimum Gasteiger partial charge on any atom is -0.477 e. The van der Waals surface area contributed by atoms with Crippen LogP contribution in [0.1, 0.15) is 22.5 Å². The summed E-state index contributed by atoms with van der Waals surface area (Å²) in [7, 11) is 1.89. The van der Waals surface area contributed by atoms with E-state index in [0.717, 1.165) is 29.4 Å². The second-order valence-corrected chi connectivity index (χ2v) is 3.95. The van der Waals surface area contributed by atoms with Crippen molar-refractivity contribution in [2.45, 2.75) is 6.42 Å². The van der Waals surface area contributed by atoms with Crippen molar-refractivity contribution in [1.29, 1.82) is 0 Å². The topological polar surface area (TPSA) is 65.1 Å². The van der Waals surface area contributed by atoms with Crippen LogP contribution in [0.3, 0.4) is 0 Å². The van der Waals surface area contributed by atoms with E-state index in [1.165, 1.54) is 0 Å². The Balaban J connectivity index is 2.26. The van der Waals surface area contributed by atoms with Crippen LogP contribution in [0.25, 0.3) is 10.9 Å². The summed E-state index contributed by atoms with van der Waals surface area (Å²) in [5.41, 5.74) is 1.91. The van der Waals surface area contributed by atoms with Crippen LogP contribution in [0.4, 0.5) is 0 Å². The highest BCUT2D eigenvalue weighted by molar-refractivity contribution is 5.94. The number of aromatic amines is 1. The Bertz CT molecular complexity index is 632. The van der Waals surface area contributed by atoms with E-state index in [2.05, 4.69) is 22.1 Å². The molecule has 0 bridgehead atoms. The van der Waals surface area contributed by atoms with Gasteiger partial charge in [0.05, 0.1) is 0 Å². The van der Waals surface area contributed by atoms with Crippen molar-refractivity contribution >= 4 is 16.9 Å². The predicted octanol–water partition coefficient (Wildman–Crippen LogP) is 1.83. The van der Waals surface area contributed by atoms with Gasteiger partial charge in [-0.15, -0.1) is 0 Å². The van der Waals surface area contributed by atoms with Gasteiger partial charge in [-0.3, -0.25) is 0 Å². The number of H-pyrrole nitrogens is 1. The van der Waals surface area contributed by atoms with E-state index >= 15 is 0 Å². The number of carboxylic acids is 1. The molecule has 0 spiro atoms. The number of aromatic carboxylic acids is 1. The Hall–Kier alpha value is -2.25. The average Bonchev–Trinajstić information content (AvgIpc) is 2.78. The summed E-state index contributed by atoms with van der Waals surface area (Å²) in [6, 6.07) is 7.25. The number of rotatable bonds is 3. The fraction of sp³-hybridized carbons (Fsp3) is 0.214. The van der Waals surface area contributed by atoms with Crippen LogP contribution in [0.5, 0.6) is 0 Å². The lowest BCUT2D eigenvalue weighted by atomic mass is 10.1. The van der Waals surface area contributed by atoms with Crippen molar-refractivity contribution in [2.24, 2.45) is 0 Å². The number of carboxylic acid groups (broad SMARTS) is 1. The molecule has 4 nitrogen and oxygen atoms in total. The lowest BCUT2D eigenvalue weighted by Gasteiger charge is -1.92. The number of hydrogen-bond acceptors (Lipinski definition) is 2. The zero-order valence-corrected chi connectivity index (χ0v) is 10.1. The van der Waals surface area contributed by atoms with E-state index in [1.54, 1.807) is 6.07 Å². The van der Waals surface area contributed by atoms with Crippen molar-refractivity contribution in [2.75, 3.05) is 13.6 Å². The van der Waals surface area contributed by atoms with E-state index in [0.29, 0.717) is 0 Å². The van der Waals surface area contributed by atoms with E-state index in [4.69, 9.17) is 5.11 Å². The van der Waals surface area contributed by atoms with Gasteiger partial charge in [-0.2, -0.15) is 0 Å². The molecular weight excluding hydrogens is 228 g/mol. The lowest BCUT2D eigenvalue weighted by Crippen LogP contribution is -2.05. The van der Waals surface area contributed by atoms with Crippen molar-refractivity contribution in [1.82, 2.24) is 10.3 Å². The van der Waals surface area contributed by atoms with E-state index in [9.17, 15) is 4.79 Å². The summed E-state index contributed by atoms with van der Waals surface area (Å²) in [5.74, 6) is 5.17. The van der Waals surface area contributed by atoms with Crippen LogP contribution in [0.15, 0.2) is 24.3 Å². The third kappa shape index (κ3) is 2.70. The van der Waals surface area contributed by atoms with Crippen LogP contribution < -0.4 is 5.32 Å². The van der Waals surface area contributed by atoms with Gasteiger partial charge in [-0.05, 0) is 31.3 Å². The molecule has 1 aromatic carbocycles. The minimum atomic E-state index is -0.951. The van der Waals surface area contributed by atoms with Gasteiger partial charge < -0.3 is 15.4 Å². The van der Waals surface area contributed by atoms with Crippen LogP contribution in [0.2, 0.25) is 0 Å². The van der Waals surface area contributed by atoms with Crippen LogP contribution in [0, 0.1) is 11.8 Å². The Morgan fingerprint density at radius 3 is 3.00 bits per heavy atom. The first-order chi connectivity index (χ1) is 8.70. The summed E-state index contributed by atoms with van der Waals surface area (Å²) in [5, 5.41) is 12.8. The van der Waals surface area contributed by atoms with Gasteiger partial charge in [0.15, 0.2) is 0 Å². The third-order valence-corrected chi connectivity index (χ3v) is 2.58. The minimum absolute atomic E-state index is 0.199. The largest absolute Gasteiger partial charge is 0.477 e. The first kappa shape index (κ1) is 12.2. The zero-order valence-electron chi connectivity index (χ0n) is 10.1. The quantitative estimate of drug-likeness (QED) is 0.568. The molecule has 18 heavy (non-hydrogen) atoms. The van der Waals surface area contributed by atoms with Gasteiger partial charge in [-0.25, -0.2) is 4.79 Å². The van der Waals surface area contributed by atoms with Gasteiger partial charge in [0.25, 0.3) is 0 Å². The number of benzene rings is 1. The van der Waals surface area contributed by atoms with E-state index in [1.807, 2.05) is 25.2 Å². The number of hydrogen-bond donors (Lipinski definition) is 3. The fourth-order valence-electron chi connectivity index (χ4n) is 1.68. The first-order valence-electron chi connectivity index (χ1n) is 5.70. The van der Waals surface area contributed by atoms with Crippen LogP contribution in [-0.2, 0) is 0 Å². The molecule has 0 saturated heterocycles. The molecule has 0 saturated carbocycles. The van der Waals surface area contributed by atoms with Gasteiger partial charge in [-0.1, -0.05) is 11.8 Å². The second kappa shape index (κ2) is 5.39. The first-order valence-corrected chi connectivity index (χ1v) is 5.70. The van der Waals surface area contributed by atoms with Crippen LogP contribution in [-0.4, -0.2) is 29.7 Å². The van der Waals surface area contributed by atoms with Crippen molar-refractivity contribution < 1.29 is 9.90 Å². The molecule has 2 aromatic rings. The van der Waals surface area contributed by atoms with E-state index in [-0.39, 0.29) is 5.69 Å². The molecule has 0 aliphatic carbocycles. The molecule has 1 aromatic heterocycles. The Labute approximate surface area is 105 Å². The smallest absolute Gasteiger partial charge is 0.352 e. The van der Waals surface area contributed by atoms with E-state index < -0.39 is 5.97 Å².